The van der Waals surface area contributed by atoms with Crippen molar-refractivity contribution in [2.75, 3.05) is 0 Å². The summed E-state index contributed by atoms with van der Waals surface area (Å²) in [5, 5.41) is 4.53. The summed E-state index contributed by atoms with van der Waals surface area (Å²) in [6.45, 7) is 0. The maximum atomic E-state index is 6.27. The summed E-state index contributed by atoms with van der Waals surface area (Å²) in [7, 11) is 0. The maximum absolute atomic E-state index is 6.27. The number of rotatable bonds is 9. The quantitative estimate of drug-likeness (QED) is 0.135. The summed E-state index contributed by atoms with van der Waals surface area (Å²) in [6.07, 6.45) is 0. The number of nitrogens with zero attached hydrogens (tertiary/aromatic N) is 3. The molecule has 13 rings (SSSR count). The van der Waals surface area contributed by atoms with Gasteiger partial charge in [-0.3, -0.25) is 0 Å². The predicted molar refractivity (Wildman–Crippen MR) is 285 cm³/mol. The second-order valence-corrected chi connectivity index (χ2v) is 18.5. The lowest BCUT2D eigenvalue weighted by Gasteiger charge is -2.37. The Morgan fingerprint density at radius 2 is 0.797 bits per heavy atom. The topological polar surface area (TPSA) is 51.8 Å². The highest BCUT2D eigenvalue weighted by Gasteiger charge is 2.38. The number of furan rings is 1. The number of thiophene rings is 1. The summed E-state index contributed by atoms with van der Waals surface area (Å²) in [5.41, 5.74) is 13.5. The zero-order valence-corrected chi connectivity index (χ0v) is 38.1. The number of fused-ring (bicyclic) bond motifs is 6. The molecule has 0 spiro atoms. The van der Waals surface area contributed by atoms with Crippen LogP contribution in [0, 0.1) is 0 Å². The highest BCUT2D eigenvalue weighted by Crippen LogP contribution is 2.47. The van der Waals surface area contributed by atoms with Crippen molar-refractivity contribution >= 4 is 53.4 Å². The lowest BCUT2D eigenvalue weighted by Crippen LogP contribution is -2.30. The van der Waals surface area contributed by atoms with Crippen LogP contribution in [0.25, 0.3) is 98.5 Å². The van der Waals surface area contributed by atoms with Crippen molar-refractivity contribution in [2.24, 2.45) is 0 Å². The standard InChI is InChI=1S/C64H41N3OS/c1-5-17-44(18-6-1)61-65-62(67-63(66-61)53-27-15-29-56-59(53)52-25-13-14-28-55(52)68-56)45-33-31-43(32-34-45)51-26-16-30-58-60(51)54-41-46(37-40-57(54)69-58)42-35-38-50(39-36-42)64(47-19-7-2-8-20-47,48-21-9-3-10-22-48)49-23-11-4-12-24-49/h1-41H. The van der Waals surface area contributed by atoms with Gasteiger partial charge in [-0.15, -0.1) is 11.3 Å². The fourth-order valence-corrected chi connectivity index (χ4v) is 11.4. The number of benzene rings is 10. The number of hydrogen-bond acceptors (Lipinski definition) is 5. The minimum Gasteiger partial charge on any atom is -0.456 e. The second kappa shape index (κ2) is 16.8. The van der Waals surface area contributed by atoms with Gasteiger partial charge in [0.05, 0.1) is 5.41 Å². The van der Waals surface area contributed by atoms with Crippen molar-refractivity contribution in [3.63, 3.8) is 0 Å². The lowest BCUT2D eigenvalue weighted by atomic mass is 9.65. The van der Waals surface area contributed by atoms with E-state index in [1.165, 1.54) is 59.1 Å². The molecule has 5 heteroatoms. The first-order valence-electron chi connectivity index (χ1n) is 23.2. The largest absolute Gasteiger partial charge is 0.456 e. The summed E-state index contributed by atoms with van der Waals surface area (Å²) < 4.78 is 8.79. The van der Waals surface area contributed by atoms with Crippen molar-refractivity contribution in [1.82, 2.24) is 15.0 Å². The molecule has 324 valence electrons. The van der Waals surface area contributed by atoms with Crippen LogP contribution in [0.2, 0.25) is 0 Å². The SMILES string of the molecule is c1ccc(-c2nc(-c3ccc(-c4cccc5sc6ccc(-c7ccc(C(c8ccccc8)(c8ccccc8)c8ccccc8)cc7)cc6c45)cc3)nc(-c3cccc4oc5ccccc5c34)n2)cc1. The molecule has 0 saturated carbocycles. The van der Waals surface area contributed by atoms with Crippen LogP contribution in [0.4, 0.5) is 0 Å². The van der Waals surface area contributed by atoms with E-state index in [0.29, 0.717) is 17.5 Å². The van der Waals surface area contributed by atoms with Crippen LogP contribution >= 0.6 is 11.3 Å². The minimum atomic E-state index is -0.499. The third-order valence-corrected chi connectivity index (χ3v) is 14.7. The van der Waals surface area contributed by atoms with Gasteiger partial charge in [0.2, 0.25) is 0 Å². The summed E-state index contributed by atoms with van der Waals surface area (Å²) in [4.78, 5) is 15.3. The zero-order valence-electron chi connectivity index (χ0n) is 37.3. The Kier molecular flexibility index (Phi) is 9.88. The Bertz CT molecular complexity index is 3880. The van der Waals surface area contributed by atoms with Gasteiger partial charge in [0.25, 0.3) is 0 Å². The second-order valence-electron chi connectivity index (χ2n) is 17.4. The molecule has 3 aromatic heterocycles. The van der Waals surface area contributed by atoms with Gasteiger partial charge in [-0.2, -0.15) is 0 Å². The molecule has 0 aliphatic heterocycles. The molecule has 0 N–H and O–H groups in total. The Hall–Kier alpha value is -8.77. The average molecular weight is 900 g/mol. The predicted octanol–water partition coefficient (Wildman–Crippen LogP) is 16.9. The number of aromatic nitrogens is 3. The molecule has 69 heavy (non-hydrogen) atoms. The first-order valence-corrected chi connectivity index (χ1v) is 24.1. The molecule has 0 aliphatic rings. The molecule has 0 atom stereocenters. The Morgan fingerprint density at radius 1 is 0.304 bits per heavy atom. The van der Waals surface area contributed by atoms with Crippen molar-refractivity contribution in [3.05, 3.63) is 271 Å². The Balaban J connectivity index is 0.887. The fourth-order valence-electron chi connectivity index (χ4n) is 10.3. The van der Waals surface area contributed by atoms with Gasteiger partial charge in [-0.1, -0.05) is 218 Å². The smallest absolute Gasteiger partial charge is 0.164 e. The van der Waals surface area contributed by atoms with E-state index in [2.05, 4.69) is 188 Å². The molecule has 13 aromatic rings. The van der Waals surface area contributed by atoms with E-state index in [9.17, 15) is 0 Å². The maximum Gasteiger partial charge on any atom is 0.164 e. The first-order chi connectivity index (χ1) is 34.2. The van der Waals surface area contributed by atoms with Crippen molar-refractivity contribution in [3.8, 4) is 56.4 Å². The molecule has 0 fully saturated rings. The van der Waals surface area contributed by atoms with Crippen molar-refractivity contribution in [2.45, 2.75) is 5.41 Å². The molecule has 0 saturated heterocycles. The monoisotopic (exact) mass is 899 g/mol. The van der Waals surface area contributed by atoms with Crippen LogP contribution in [0.5, 0.6) is 0 Å². The van der Waals surface area contributed by atoms with E-state index < -0.39 is 5.41 Å². The van der Waals surface area contributed by atoms with Crippen LogP contribution in [-0.4, -0.2) is 15.0 Å². The molecule has 0 radical (unpaired) electrons. The molecule has 0 bridgehead atoms. The summed E-state index contributed by atoms with van der Waals surface area (Å²) >= 11 is 1.84. The molecule has 0 aliphatic carbocycles. The Morgan fingerprint density at radius 3 is 1.46 bits per heavy atom. The van der Waals surface area contributed by atoms with Gasteiger partial charge in [0, 0.05) is 47.6 Å². The van der Waals surface area contributed by atoms with Gasteiger partial charge in [-0.05, 0) is 74.8 Å². The van der Waals surface area contributed by atoms with Crippen molar-refractivity contribution in [1.29, 1.82) is 0 Å². The van der Waals surface area contributed by atoms with Crippen molar-refractivity contribution < 1.29 is 4.42 Å². The van der Waals surface area contributed by atoms with Gasteiger partial charge in [0.15, 0.2) is 17.5 Å². The molecular formula is C64H41N3OS. The van der Waals surface area contributed by atoms with E-state index >= 15 is 0 Å². The van der Waals surface area contributed by atoms with Crippen LogP contribution in [0.3, 0.4) is 0 Å². The van der Waals surface area contributed by atoms with Gasteiger partial charge >= 0.3 is 0 Å². The molecular weight excluding hydrogens is 859 g/mol. The highest BCUT2D eigenvalue weighted by atomic mass is 32.1. The molecule has 10 aromatic carbocycles. The van der Waals surface area contributed by atoms with Crippen LogP contribution in [0.15, 0.2) is 253 Å². The minimum absolute atomic E-state index is 0.499. The molecule has 0 unspecified atom stereocenters. The normalized spacial score (nSPS) is 11.8. The fraction of sp³-hybridized carbons (Fsp3) is 0.0156. The van der Waals surface area contributed by atoms with E-state index in [1.54, 1.807) is 0 Å². The van der Waals surface area contributed by atoms with Gasteiger partial charge in [-0.25, -0.2) is 15.0 Å². The highest BCUT2D eigenvalue weighted by molar-refractivity contribution is 7.26. The van der Waals surface area contributed by atoms with Crippen LogP contribution < -0.4 is 0 Å². The summed E-state index contributed by atoms with van der Waals surface area (Å²) in [5.74, 6) is 1.83. The third-order valence-electron chi connectivity index (χ3n) is 13.5. The zero-order chi connectivity index (χ0) is 45.7. The molecule has 0 amide bonds. The number of hydrogen-bond donors (Lipinski definition) is 0. The van der Waals surface area contributed by atoms with Crippen LogP contribution in [0.1, 0.15) is 22.3 Å². The lowest BCUT2D eigenvalue weighted by molar-refractivity contribution is 0.669. The van der Waals surface area contributed by atoms with E-state index in [-0.39, 0.29) is 0 Å². The van der Waals surface area contributed by atoms with Crippen LogP contribution in [-0.2, 0) is 5.41 Å². The van der Waals surface area contributed by atoms with E-state index in [1.807, 2.05) is 72.0 Å². The average Bonchev–Trinajstić information content (AvgIpc) is 4.01. The Labute approximate surface area is 403 Å². The molecule has 3 heterocycles. The number of para-hydroxylation sites is 1. The van der Waals surface area contributed by atoms with Gasteiger partial charge in [0.1, 0.15) is 11.2 Å². The van der Waals surface area contributed by atoms with E-state index in [0.717, 1.165) is 44.2 Å². The summed E-state index contributed by atoms with van der Waals surface area (Å²) in [6, 6.07) is 88.5. The molecule has 4 nitrogen and oxygen atoms in total. The van der Waals surface area contributed by atoms with Gasteiger partial charge < -0.3 is 4.42 Å². The van der Waals surface area contributed by atoms with E-state index in [4.69, 9.17) is 19.4 Å². The third kappa shape index (κ3) is 6.94. The first kappa shape index (κ1) is 40.5.